The lowest BCUT2D eigenvalue weighted by Crippen LogP contribution is -2.29. The Morgan fingerprint density at radius 1 is 1.38 bits per heavy atom. The molecule has 2 rings (SSSR count). The van der Waals surface area contributed by atoms with Crippen LogP contribution < -0.4 is 0 Å². The second kappa shape index (κ2) is 6.94. The molecule has 7 heteroatoms. The molecule has 1 N–H and O–H groups in total. The monoisotopic (exact) mass is 289 g/mol. The summed E-state index contributed by atoms with van der Waals surface area (Å²) in [5.74, 6) is -0.502. The van der Waals surface area contributed by atoms with Crippen molar-refractivity contribution in [3.63, 3.8) is 0 Å². The van der Waals surface area contributed by atoms with Gasteiger partial charge in [-0.1, -0.05) is 37.3 Å². The van der Waals surface area contributed by atoms with Gasteiger partial charge in [0, 0.05) is 6.54 Å². The summed E-state index contributed by atoms with van der Waals surface area (Å²) < 4.78 is 1.73. The predicted octanol–water partition coefficient (Wildman–Crippen LogP) is 0.874. The lowest BCUT2D eigenvalue weighted by atomic mass is 10.2. The molecule has 1 aromatic carbocycles. The van der Waals surface area contributed by atoms with Crippen molar-refractivity contribution in [3.05, 3.63) is 41.7 Å². The highest BCUT2D eigenvalue weighted by atomic mass is 16.4. The standard InChI is InChI=1S/C14H19N5O2/c1-11(14(20)21)8-18(2)10-13-15-16-17-19(13)9-12-6-4-3-5-7-12/h3-7,11H,8-10H2,1-2H3,(H,20,21). The van der Waals surface area contributed by atoms with E-state index in [1.807, 2.05) is 42.3 Å². The maximum absolute atomic E-state index is 10.9. The number of carboxylic acid groups (broad SMARTS) is 1. The molecule has 21 heavy (non-hydrogen) atoms. The van der Waals surface area contributed by atoms with E-state index in [1.54, 1.807) is 11.6 Å². The van der Waals surface area contributed by atoms with Crippen LogP contribution in [0, 0.1) is 5.92 Å². The van der Waals surface area contributed by atoms with E-state index in [-0.39, 0.29) is 0 Å². The minimum Gasteiger partial charge on any atom is -0.481 e. The highest BCUT2D eigenvalue weighted by Gasteiger charge is 2.16. The molecule has 2 aromatic rings. The number of aliphatic carboxylic acids is 1. The van der Waals surface area contributed by atoms with Gasteiger partial charge in [-0.05, 0) is 23.0 Å². The first kappa shape index (κ1) is 15.1. The van der Waals surface area contributed by atoms with Crippen LogP contribution >= 0.6 is 0 Å². The SMILES string of the molecule is CC(CN(C)Cc1nnnn1Cc1ccccc1)C(=O)O. The Morgan fingerprint density at radius 3 is 2.76 bits per heavy atom. The Hall–Kier alpha value is -2.28. The molecule has 0 aliphatic rings. The topological polar surface area (TPSA) is 84.1 Å². The number of carboxylic acids is 1. The Labute approximate surface area is 123 Å². The van der Waals surface area contributed by atoms with Crippen LogP contribution in [0.3, 0.4) is 0 Å². The Morgan fingerprint density at radius 2 is 2.10 bits per heavy atom. The fourth-order valence-electron chi connectivity index (χ4n) is 2.07. The summed E-state index contributed by atoms with van der Waals surface area (Å²) >= 11 is 0. The Balaban J connectivity index is 1.98. The van der Waals surface area contributed by atoms with Gasteiger partial charge in [-0.3, -0.25) is 9.69 Å². The number of tetrazole rings is 1. The van der Waals surface area contributed by atoms with Gasteiger partial charge in [-0.2, -0.15) is 0 Å². The van der Waals surface area contributed by atoms with Gasteiger partial charge in [-0.15, -0.1) is 5.10 Å². The summed E-state index contributed by atoms with van der Waals surface area (Å²) in [4.78, 5) is 12.8. The van der Waals surface area contributed by atoms with Gasteiger partial charge >= 0.3 is 5.97 Å². The fourth-order valence-corrected chi connectivity index (χ4v) is 2.07. The molecular formula is C14H19N5O2. The third kappa shape index (κ3) is 4.35. The Kier molecular flexibility index (Phi) is 4.99. The van der Waals surface area contributed by atoms with Crippen LogP contribution in [-0.4, -0.2) is 49.8 Å². The van der Waals surface area contributed by atoms with Crippen LogP contribution in [0.5, 0.6) is 0 Å². The molecule has 112 valence electrons. The zero-order chi connectivity index (χ0) is 15.2. The van der Waals surface area contributed by atoms with Crippen molar-refractivity contribution >= 4 is 5.97 Å². The summed E-state index contributed by atoms with van der Waals surface area (Å²) in [6.45, 7) is 3.25. The normalized spacial score (nSPS) is 12.5. The molecule has 7 nitrogen and oxygen atoms in total. The van der Waals surface area contributed by atoms with Crippen LogP contribution in [0.15, 0.2) is 30.3 Å². The summed E-state index contributed by atoms with van der Waals surface area (Å²) in [6.07, 6.45) is 0. The number of benzene rings is 1. The summed E-state index contributed by atoms with van der Waals surface area (Å²) in [5, 5.41) is 20.6. The van der Waals surface area contributed by atoms with Crippen LogP contribution in [0.4, 0.5) is 0 Å². The molecule has 1 unspecified atom stereocenters. The van der Waals surface area contributed by atoms with E-state index in [0.717, 1.165) is 11.4 Å². The molecule has 0 bridgehead atoms. The molecule has 0 saturated heterocycles. The minimum absolute atomic E-state index is 0.423. The molecule has 0 radical (unpaired) electrons. The third-order valence-electron chi connectivity index (χ3n) is 3.20. The van der Waals surface area contributed by atoms with Crippen LogP contribution in [0.25, 0.3) is 0 Å². The largest absolute Gasteiger partial charge is 0.481 e. The number of carbonyl (C=O) groups is 1. The number of hydrogen-bond acceptors (Lipinski definition) is 5. The van der Waals surface area contributed by atoms with Crippen molar-refractivity contribution < 1.29 is 9.90 Å². The zero-order valence-electron chi connectivity index (χ0n) is 12.2. The molecule has 0 aliphatic heterocycles. The average Bonchev–Trinajstić information content (AvgIpc) is 2.86. The van der Waals surface area contributed by atoms with Crippen molar-refractivity contribution in [1.29, 1.82) is 0 Å². The molecule has 1 atom stereocenters. The van der Waals surface area contributed by atoms with E-state index in [0.29, 0.717) is 19.6 Å². The van der Waals surface area contributed by atoms with E-state index >= 15 is 0 Å². The van der Waals surface area contributed by atoms with Crippen LogP contribution in [0.2, 0.25) is 0 Å². The van der Waals surface area contributed by atoms with E-state index in [2.05, 4.69) is 15.5 Å². The summed E-state index contributed by atoms with van der Waals surface area (Å²) in [6, 6.07) is 9.94. The molecule has 0 fully saturated rings. The number of nitrogens with zero attached hydrogens (tertiary/aromatic N) is 5. The van der Waals surface area contributed by atoms with Gasteiger partial charge in [0.05, 0.1) is 19.0 Å². The van der Waals surface area contributed by atoms with Crippen molar-refractivity contribution in [2.75, 3.05) is 13.6 Å². The molecule has 0 saturated carbocycles. The molecular weight excluding hydrogens is 270 g/mol. The first-order chi connectivity index (χ1) is 10.1. The molecule has 0 aliphatic carbocycles. The summed E-state index contributed by atoms with van der Waals surface area (Å²) in [5.41, 5.74) is 1.12. The maximum atomic E-state index is 10.9. The Bertz CT molecular complexity index is 584. The fraction of sp³-hybridized carbons (Fsp3) is 0.429. The lowest BCUT2D eigenvalue weighted by Gasteiger charge is -2.18. The predicted molar refractivity (Wildman–Crippen MR) is 76.5 cm³/mol. The molecule has 0 amide bonds. The molecule has 0 spiro atoms. The number of aromatic nitrogens is 4. The highest BCUT2D eigenvalue weighted by molar-refractivity contribution is 5.69. The van der Waals surface area contributed by atoms with Gasteiger partial charge < -0.3 is 5.11 Å². The van der Waals surface area contributed by atoms with E-state index in [9.17, 15) is 4.79 Å². The van der Waals surface area contributed by atoms with Crippen molar-refractivity contribution in [3.8, 4) is 0 Å². The zero-order valence-corrected chi connectivity index (χ0v) is 12.2. The number of rotatable bonds is 7. The molecule has 1 aromatic heterocycles. The second-order valence-corrected chi connectivity index (χ2v) is 5.17. The third-order valence-corrected chi connectivity index (χ3v) is 3.20. The van der Waals surface area contributed by atoms with E-state index in [4.69, 9.17) is 5.11 Å². The van der Waals surface area contributed by atoms with Crippen molar-refractivity contribution in [2.45, 2.75) is 20.0 Å². The summed E-state index contributed by atoms with van der Waals surface area (Å²) in [7, 11) is 1.86. The van der Waals surface area contributed by atoms with Crippen LogP contribution in [0.1, 0.15) is 18.3 Å². The first-order valence-corrected chi connectivity index (χ1v) is 6.76. The van der Waals surface area contributed by atoms with Gasteiger partial charge in [-0.25, -0.2) is 4.68 Å². The lowest BCUT2D eigenvalue weighted by molar-refractivity contribution is -0.141. The van der Waals surface area contributed by atoms with Crippen molar-refractivity contribution in [2.24, 2.45) is 5.92 Å². The van der Waals surface area contributed by atoms with Gasteiger partial charge in [0.15, 0.2) is 5.82 Å². The average molecular weight is 289 g/mol. The van der Waals surface area contributed by atoms with Crippen molar-refractivity contribution in [1.82, 2.24) is 25.1 Å². The highest BCUT2D eigenvalue weighted by Crippen LogP contribution is 2.06. The second-order valence-electron chi connectivity index (χ2n) is 5.17. The minimum atomic E-state index is -0.800. The quantitative estimate of drug-likeness (QED) is 0.814. The van der Waals surface area contributed by atoms with E-state index in [1.165, 1.54) is 0 Å². The van der Waals surface area contributed by atoms with Gasteiger partial charge in [0.2, 0.25) is 0 Å². The van der Waals surface area contributed by atoms with E-state index < -0.39 is 11.9 Å². The van der Waals surface area contributed by atoms with Gasteiger partial charge in [0.1, 0.15) is 0 Å². The molecule has 1 heterocycles. The smallest absolute Gasteiger partial charge is 0.307 e. The maximum Gasteiger partial charge on any atom is 0.307 e. The number of hydrogen-bond donors (Lipinski definition) is 1. The van der Waals surface area contributed by atoms with Gasteiger partial charge in [0.25, 0.3) is 0 Å². The van der Waals surface area contributed by atoms with Crippen LogP contribution in [-0.2, 0) is 17.9 Å². The first-order valence-electron chi connectivity index (χ1n) is 6.76.